The molecule has 4 nitrogen and oxygen atoms in total. The van der Waals surface area contributed by atoms with Crippen LogP contribution in [0.2, 0.25) is 0 Å². The Bertz CT molecular complexity index is 526. The fourth-order valence-corrected chi connectivity index (χ4v) is 2.06. The number of thiazole rings is 1. The van der Waals surface area contributed by atoms with E-state index in [9.17, 15) is 4.79 Å². The van der Waals surface area contributed by atoms with E-state index < -0.39 is 0 Å². The number of nitrogens with zero attached hydrogens (tertiary/aromatic N) is 1. The van der Waals surface area contributed by atoms with Crippen molar-refractivity contribution in [3.63, 3.8) is 0 Å². The van der Waals surface area contributed by atoms with E-state index >= 15 is 0 Å². The maximum absolute atomic E-state index is 11.9. The normalized spacial score (nSPS) is 10.2. The number of hydrogen-bond donors (Lipinski definition) is 2. The molecule has 2 aromatic rings. The molecule has 1 heterocycles. The van der Waals surface area contributed by atoms with Crippen LogP contribution in [0.3, 0.4) is 0 Å². The van der Waals surface area contributed by atoms with Crippen molar-refractivity contribution >= 4 is 27.4 Å². The van der Waals surface area contributed by atoms with E-state index in [1.807, 2.05) is 26.0 Å². The minimum absolute atomic E-state index is 0.168. The quantitative estimate of drug-likeness (QED) is 0.857. The predicted octanol–water partition coefficient (Wildman–Crippen LogP) is 2.59. The molecule has 0 fully saturated rings. The zero-order chi connectivity index (χ0) is 12.4. The summed E-state index contributed by atoms with van der Waals surface area (Å²) in [5.74, 6) is -0.168. The van der Waals surface area contributed by atoms with Gasteiger partial charge in [-0.15, -0.1) is 0 Å². The van der Waals surface area contributed by atoms with Crippen LogP contribution >= 0.6 is 11.3 Å². The van der Waals surface area contributed by atoms with Crippen molar-refractivity contribution in [3.8, 4) is 0 Å². The fourth-order valence-electron chi connectivity index (χ4n) is 1.34. The van der Waals surface area contributed by atoms with Gasteiger partial charge < -0.3 is 5.73 Å². The minimum atomic E-state index is -0.168. The molecule has 0 saturated heterocycles. The van der Waals surface area contributed by atoms with Gasteiger partial charge in [-0.05, 0) is 26.0 Å². The molecule has 0 spiro atoms. The first-order valence-corrected chi connectivity index (χ1v) is 5.99. The Balaban J connectivity index is 2.14. The number of rotatable bonds is 2. The summed E-state index contributed by atoms with van der Waals surface area (Å²) in [4.78, 5) is 16.0. The summed E-state index contributed by atoms with van der Waals surface area (Å²) in [7, 11) is 0. The van der Waals surface area contributed by atoms with Crippen molar-refractivity contribution in [1.82, 2.24) is 4.98 Å². The molecular weight excluding hydrogens is 234 g/mol. The van der Waals surface area contributed by atoms with Gasteiger partial charge in [-0.25, -0.2) is 4.98 Å². The number of hydrogen-bond acceptors (Lipinski definition) is 4. The summed E-state index contributed by atoms with van der Waals surface area (Å²) in [5, 5.41) is 3.89. The van der Waals surface area contributed by atoms with Crippen molar-refractivity contribution in [3.05, 3.63) is 41.1 Å². The standard InChI is InChI=1S/C12H13N3OS/c1-7-3-5-9(6-4-7)11(16)15-12-14-8(2)10(13)17-12/h3-6H,13H2,1-2H3,(H,14,15,16). The molecule has 2 rings (SSSR count). The number of anilines is 2. The number of carbonyl (C=O) groups excluding carboxylic acids is 1. The number of benzene rings is 1. The lowest BCUT2D eigenvalue weighted by molar-refractivity contribution is 0.102. The maximum atomic E-state index is 11.9. The second-order valence-electron chi connectivity index (χ2n) is 3.79. The summed E-state index contributed by atoms with van der Waals surface area (Å²) >= 11 is 1.28. The average molecular weight is 247 g/mol. The second kappa shape index (κ2) is 4.55. The molecule has 1 aromatic heterocycles. The summed E-state index contributed by atoms with van der Waals surface area (Å²) in [6, 6.07) is 7.37. The number of aromatic nitrogens is 1. The van der Waals surface area contributed by atoms with Gasteiger partial charge in [0.25, 0.3) is 5.91 Å². The summed E-state index contributed by atoms with van der Waals surface area (Å²) in [5.41, 5.74) is 8.16. The molecule has 0 radical (unpaired) electrons. The first-order chi connectivity index (χ1) is 8.06. The van der Waals surface area contributed by atoms with Gasteiger partial charge in [0.1, 0.15) is 5.00 Å². The Morgan fingerprint density at radius 2 is 1.94 bits per heavy atom. The lowest BCUT2D eigenvalue weighted by Crippen LogP contribution is -2.11. The molecular formula is C12H13N3OS. The Kier molecular flexibility index (Phi) is 3.10. The first kappa shape index (κ1) is 11.6. The number of carbonyl (C=O) groups is 1. The van der Waals surface area contributed by atoms with Crippen LogP contribution < -0.4 is 11.1 Å². The largest absolute Gasteiger partial charge is 0.389 e. The summed E-state index contributed by atoms with van der Waals surface area (Å²) in [6.07, 6.45) is 0. The minimum Gasteiger partial charge on any atom is -0.389 e. The van der Waals surface area contributed by atoms with Crippen LogP contribution in [0, 0.1) is 13.8 Å². The van der Waals surface area contributed by atoms with Gasteiger partial charge in [-0.1, -0.05) is 29.0 Å². The van der Waals surface area contributed by atoms with Crippen LogP contribution in [0.5, 0.6) is 0 Å². The highest BCUT2D eigenvalue weighted by molar-refractivity contribution is 7.19. The Hall–Kier alpha value is -1.88. The third-order valence-electron chi connectivity index (χ3n) is 2.37. The molecule has 5 heteroatoms. The molecule has 0 bridgehead atoms. The van der Waals surface area contributed by atoms with Crippen LogP contribution in [-0.2, 0) is 0 Å². The van der Waals surface area contributed by atoms with E-state index in [1.54, 1.807) is 12.1 Å². The number of nitrogen functional groups attached to an aromatic ring is 1. The average Bonchev–Trinajstić information content (AvgIpc) is 2.58. The number of amides is 1. The molecule has 3 N–H and O–H groups in total. The van der Waals surface area contributed by atoms with Gasteiger partial charge in [0.05, 0.1) is 5.69 Å². The Morgan fingerprint density at radius 1 is 1.29 bits per heavy atom. The van der Waals surface area contributed by atoms with Gasteiger partial charge in [0.15, 0.2) is 5.13 Å². The van der Waals surface area contributed by atoms with Gasteiger partial charge in [0.2, 0.25) is 0 Å². The SMILES string of the molecule is Cc1ccc(C(=O)Nc2nc(C)c(N)s2)cc1. The summed E-state index contributed by atoms with van der Waals surface area (Å²) < 4.78 is 0. The molecule has 0 saturated carbocycles. The lowest BCUT2D eigenvalue weighted by atomic mass is 10.1. The monoisotopic (exact) mass is 247 g/mol. The molecule has 0 aliphatic heterocycles. The van der Waals surface area contributed by atoms with Crippen molar-refractivity contribution in [2.75, 3.05) is 11.1 Å². The van der Waals surface area contributed by atoms with Crippen LogP contribution in [-0.4, -0.2) is 10.9 Å². The number of nitrogens with two attached hydrogens (primary N) is 1. The highest BCUT2D eigenvalue weighted by atomic mass is 32.1. The van der Waals surface area contributed by atoms with Crippen LogP contribution in [0.1, 0.15) is 21.6 Å². The molecule has 0 aliphatic carbocycles. The van der Waals surface area contributed by atoms with Crippen molar-refractivity contribution in [1.29, 1.82) is 0 Å². The zero-order valence-corrected chi connectivity index (χ0v) is 10.5. The summed E-state index contributed by atoms with van der Waals surface area (Å²) in [6.45, 7) is 3.79. The van der Waals surface area contributed by atoms with Gasteiger partial charge in [0, 0.05) is 5.56 Å². The number of nitrogens with one attached hydrogen (secondary N) is 1. The number of aryl methyl sites for hydroxylation is 2. The molecule has 1 amide bonds. The third-order valence-corrected chi connectivity index (χ3v) is 3.27. The molecule has 17 heavy (non-hydrogen) atoms. The third kappa shape index (κ3) is 2.62. The van der Waals surface area contributed by atoms with Crippen LogP contribution in [0.4, 0.5) is 10.1 Å². The van der Waals surface area contributed by atoms with Crippen LogP contribution in [0.25, 0.3) is 0 Å². The van der Waals surface area contributed by atoms with E-state index in [1.165, 1.54) is 11.3 Å². The van der Waals surface area contributed by atoms with E-state index in [4.69, 9.17) is 5.73 Å². The predicted molar refractivity (Wildman–Crippen MR) is 70.4 cm³/mol. The zero-order valence-electron chi connectivity index (χ0n) is 9.65. The van der Waals surface area contributed by atoms with Gasteiger partial charge in [-0.2, -0.15) is 0 Å². The Morgan fingerprint density at radius 3 is 2.47 bits per heavy atom. The fraction of sp³-hybridized carbons (Fsp3) is 0.167. The smallest absolute Gasteiger partial charge is 0.257 e. The second-order valence-corrected chi connectivity index (χ2v) is 4.82. The van der Waals surface area contributed by atoms with Crippen molar-refractivity contribution in [2.24, 2.45) is 0 Å². The maximum Gasteiger partial charge on any atom is 0.257 e. The van der Waals surface area contributed by atoms with E-state index in [2.05, 4.69) is 10.3 Å². The highest BCUT2D eigenvalue weighted by Gasteiger charge is 2.09. The molecule has 0 unspecified atom stereocenters. The van der Waals surface area contributed by atoms with Crippen LogP contribution in [0.15, 0.2) is 24.3 Å². The van der Waals surface area contributed by atoms with Gasteiger partial charge >= 0.3 is 0 Å². The lowest BCUT2D eigenvalue weighted by Gasteiger charge is -2.01. The molecule has 1 aromatic carbocycles. The van der Waals surface area contributed by atoms with Gasteiger partial charge in [-0.3, -0.25) is 10.1 Å². The Labute approximate surface area is 103 Å². The highest BCUT2D eigenvalue weighted by Crippen LogP contribution is 2.24. The van der Waals surface area contributed by atoms with E-state index in [0.717, 1.165) is 11.3 Å². The first-order valence-electron chi connectivity index (χ1n) is 5.17. The topological polar surface area (TPSA) is 68.0 Å². The van der Waals surface area contributed by atoms with E-state index in [-0.39, 0.29) is 5.91 Å². The van der Waals surface area contributed by atoms with E-state index in [0.29, 0.717) is 15.7 Å². The molecule has 0 aliphatic rings. The molecule has 88 valence electrons. The van der Waals surface area contributed by atoms with Crippen molar-refractivity contribution < 1.29 is 4.79 Å². The van der Waals surface area contributed by atoms with Crippen molar-refractivity contribution in [2.45, 2.75) is 13.8 Å². The molecule has 0 atom stereocenters.